The Morgan fingerprint density at radius 3 is 2.85 bits per heavy atom. The molecule has 1 aromatic carbocycles. The standard InChI is InChI=1S/C17H22N2S/c1-10-3-6-15-16(7-10)19(17(20)18-15)11(2)14-9-12-4-5-13(14)8-12/h3,6-7,11-14H,4-5,8-9H2,1-2H3,(H,18,20). The van der Waals surface area contributed by atoms with Crippen molar-refractivity contribution in [2.75, 3.05) is 0 Å². The van der Waals surface area contributed by atoms with Crippen molar-refractivity contribution in [1.82, 2.24) is 9.55 Å². The number of nitrogens with zero attached hydrogens (tertiary/aromatic N) is 1. The van der Waals surface area contributed by atoms with Crippen LogP contribution < -0.4 is 0 Å². The molecule has 0 spiro atoms. The number of nitrogens with one attached hydrogen (secondary N) is 1. The van der Waals surface area contributed by atoms with Gasteiger partial charge < -0.3 is 9.55 Å². The monoisotopic (exact) mass is 286 g/mol. The van der Waals surface area contributed by atoms with E-state index in [1.54, 1.807) is 0 Å². The lowest BCUT2D eigenvalue weighted by Crippen LogP contribution is -2.22. The molecule has 3 heteroatoms. The number of hydrogen-bond acceptors (Lipinski definition) is 1. The van der Waals surface area contributed by atoms with Crippen molar-refractivity contribution in [2.45, 2.75) is 45.6 Å². The van der Waals surface area contributed by atoms with E-state index in [4.69, 9.17) is 12.2 Å². The number of aryl methyl sites for hydroxylation is 1. The smallest absolute Gasteiger partial charge is 0.178 e. The van der Waals surface area contributed by atoms with Crippen LogP contribution in [0.3, 0.4) is 0 Å². The minimum Gasteiger partial charge on any atom is -0.331 e. The van der Waals surface area contributed by atoms with Gasteiger partial charge in [0.15, 0.2) is 4.77 Å². The summed E-state index contributed by atoms with van der Waals surface area (Å²) < 4.78 is 3.27. The van der Waals surface area contributed by atoms with E-state index in [-0.39, 0.29) is 0 Å². The van der Waals surface area contributed by atoms with Gasteiger partial charge >= 0.3 is 0 Å². The first-order valence-corrected chi connectivity index (χ1v) is 8.25. The second-order valence-electron chi connectivity index (χ2n) is 6.90. The van der Waals surface area contributed by atoms with Crippen LogP contribution in [-0.4, -0.2) is 9.55 Å². The summed E-state index contributed by atoms with van der Waals surface area (Å²) in [5, 5.41) is 0. The Kier molecular flexibility index (Phi) is 2.81. The third-order valence-corrected chi connectivity index (χ3v) is 5.99. The fourth-order valence-corrected chi connectivity index (χ4v) is 5.09. The largest absolute Gasteiger partial charge is 0.331 e. The molecule has 2 aliphatic rings. The molecule has 4 rings (SSSR count). The van der Waals surface area contributed by atoms with Crippen LogP contribution in [0.2, 0.25) is 0 Å². The third-order valence-electron chi connectivity index (χ3n) is 5.69. The lowest BCUT2D eigenvalue weighted by Gasteiger charge is -2.29. The van der Waals surface area contributed by atoms with Crippen LogP contribution in [0, 0.1) is 29.4 Å². The molecule has 2 bridgehead atoms. The van der Waals surface area contributed by atoms with Crippen LogP contribution in [0.15, 0.2) is 18.2 Å². The lowest BCUT2D eigenvalue weighted by atomic mass is 9.84. The summed E-state index contributed by atoms with van der Waals surface area (Å²) in [5.41, 5.74) is 3.77. The number of aromatic amines is 1. The Morgan fingerprint density at radius 1 is 1.30 bits per heavy atom. The third kappa shape index (κ3) is 1.79. The Bertz CT molecular complexity index is 711. The number of H-pyrrole nitrogens is 1. The van der Waals surface area contributed by atoms with Gasteiger partial charge in [0.25, 0.3) is 0 Å². The summed E-state index contributed by atoms with van der Waals surface area (Å²) in [6.45, 7) is 4.53. The molecule has 2 nitrogen and oxygen atoms in total. The minimum atomic E-state index is 0.522. The molecule has 2 aliphatic carbocycles. The molecule has 1 aromatic heterocycles. The predicted molar refractivity (Wildman–Crippen MR) is 85.5 cm³/mol. The summed E-state index contributed by atoms with van der Waals surface area (Å²) in [5.74, 6) is 2.75. The first kappa shape index (κ1) is 12.6. The van der Waals surface area contributed by atoms with Gasteiger partial charge in [-0.25, -0.2) is 0 Å². The quantitative estimate of drug-likeness (QED) is 0.770. The molecular formula is C17H22N2S. The fourth-order valence-electron chi connectivity index (χ4n) is 4.71. The molecule has 2 aromatic rings. The number of benzene rings is 1. The molecule has 2 fully saturated rings. The Balaban J connectivity index is 1.79. The first-order chi connectivity index (χ1) is 9.63. The zero-order chi connectivity index (χ0) is 13.9. The van der Waals surface area contributed by atoms with Crippen LogP contribution in [0.5, 0.6) is 0 Å². The molecule has 4 unspecified atom stereocenters. The molecule has 0 aliphatic heterocycles. The number of hydrogen-bond donors (Lipinski definition) is 1. The molecule has 0 saturated heterocycles. The highest BCUT2D eigenvalue weighted by Crippen LogP contribution is 2.52. The number of imidazole rings is 1. The Hall–Kier alpha value is -1.09. The van der Waals surface area contributed by atoms with Crippen LogP contribution in [0.4, 0.5) is 0 Å². The van der Waals surface area contributed by atoms with Crippen molar-refractivity contribution >= 4 is 23.3 Å². The lowest BCUT2D eigenvalue weighted by molar-refractivity contribution is 0.245. The average molecular weight is 286 g/mol. The number of fused-ring (bicyclic) bond motifs is 3. The van der Waals surface area contributed by atoms with Crippen molar-refractivity contribution in [3.05, 3.63) is 28.5 Å². The summed E-state index contributed by atoms with van der Waals surface area (Å²) in [7, 11) is 0. The molecule has 1 heterocycles. The highest BCUT2D eigenvalue weighted by atomic mass is 32.1. The average Bonchev–Trinajstić information content (AvgIpc) is 3.10. The molecule has 1 N–H and O–H groups in total. The normalized spacial score (nSPS) is 30.2. The van der Waals surface area contributed by atoms with E-state index in [2.05, 4.69) is 41.6 Å². The Labute approximate surface area is 125 Å². The van der Waals surface area contributed by atoms with Gasteiger partial charge in [-0.1, -0.05) is 12.5 Å². The zero-order valence-electron chi connectivity index (χ0n) is 12.2. The van der Waals surface area contributed by atoms with Gasteiger partial charge in [0.05, 0.1) is 11.0 Å². The number of aromatic nitrogens is 2. The van der Waals surface area contributed by atoms with Crippen LogP contribution in [-0.2, 0) is 0 Å². The van der Waals surface area contributed by atoms with Crippen molar-refractivity contribution in [2.24, 2.45) is 17.8 Å². The Morgan fingerprint density at radius 2 is 2.15 bits per heavy atom. The summed E-state index contributed by atoms with van der Waals surface area (Å²) in [4.78, 5) is 3.38. The van der Waals surface area contributed by atoms with Gasteiger partial charge in [0, 0.05) is 6.04 Å². The van der Waals surface area contributed by atoms with Gasteiger partial charge in [-0.3, -0.25) is 0 Å². The van der Waals surface area contributed by atoms with Gasteiger partial charge in [0.2, 0.25) is 0 Å². The molecule has 2 saturated carbocycles. The number of rotatable bonds is 2. The minimum absolute atomic E-state index is 0.522. The van der Waals surface area contributed by atoms with Crippen LogP contribution in [0.1, 0.15) is 44.2 Å². The second kappa shape index (κ2) is 4.45. The molecule has 4 atom stereocenters. The molecule has 20 heavy (non-hydrogen) atoms. The van der Waals surface area contributed by atoms with E-state index in [0.717, 1.165) is 22.5 Å². The summed E-state index contributed by atoms with van der Waals surface area (Å²) in [6.07, 6.45) is 5.77. The predicted octanol–water partition coefficient (Wildman–Crippen LogP) is 5.00. The topological polar surface area (TPSA) is 20.7 Å². The van der Waals surface area contributed by atoms with Gasteiger partial charge in [-0.2, -0.15) is 0 Å². The molecule has 0 amide bonds. The molecular weight excluding hydrogens is 264 g/mol. The van der Waals surface area contributed by atoms with E-state index >= 15 is 0 Å². The maximum atomic E-state index is 5.60. The van der Waals surface area contributed by atoms with E-state index in [1.165, 1.54) is 42.3 Å². The highest BCUT2D eigenvalue weighted by Gasteiger charge is 2.42. The van der Waals surface area contributed by atoms with Gasteiger partial charge in [0.1, 0.15) is 0 Å². The van der Waals surface area contributed by atoms with Crippen LogP contribution in [0.25, 0.3) is 11.0 Å². The van der Waals surface area contributed by atoms with E-state index < -0.39 is 0 Å². The van der Waals surface area contributed by atoms with Gasteiger partial charge in [-0.05, 0) is 80.8 Å². The van der Waals surface area contributed by atoms with E-state index in [1.807, 2.05) is 0 Å². The summed E-state index contributed by atoms with van der Waals surface area (Å²) >= 11 is 5.60. The van der Waals surface area contributed by atoms with Crippen molar-refractivity contribution in [3.63, 3.8) is 0 Å². The van der Waals surface area contributed by atoms with E-state index in [9.17, 15) is 0 Å². The molecule has 106 valence electrons. The maximum absolute atomic E-state index is 5.60. The maximum Gasteiger partial charge on any atom is 0.178 e. The van der Waals surface area contributed by atoms with Crippen molar-refractivity contribution in [1.29, 1.82) is 0 Å². The fraction of sp³-hybridized carbons (Fsp3) is 0.588. The first-order valence-electron chi connectivity index (χ1n) is 7.84. The van der Waals surface area contributed by atoms with Gasteiger partial charge in [-0.15, -0.1) is 0 Å². The van der Waals surface area contributed by atoms with Crippen LogP contribution >= 0.6 is 12.2 Å². The molecule has 0 radical (unpaired) electrons. The highest BCUT2D eigenvalue weighted by molar-refractivity contribution is 7.71. The van der Waals surface area contributed by atoms with E-state index in [0.29, 0.717) is 6.04 Å². The SMILES string of the molecule is Cc1ccc2[nH]c(=S)n(C(C)C3CC4CCC3C4)c2c1. The second-order valence-corrected chi connectivity index (χ2v) is 7.29. The zero-order valence-corrected chi connectivity index (χ0v) is 13.0. The van der Waals surface area contributed by atoms with Crippen molar-refractivity contribution in [3.8, 4) is 0 Å². The van der Waals surface area contributed by atoms with Crippen molar-refractivity contribution < 1.29 is 0 Å². The summed E-state index contributed by atoms with van der Waals surface area (Å²) in [6, 6.07) is 7.10.